The van der Waals surface area contributed by atoms with Gasteiger partial charge in [0.15, 0.2) is 0 Å². The number of rotatable bonds is 3. The van der Waals surface area contributed by atoms with Crippen molar-refractivity contribution in [2.24, 2.45) is 0 Å². The molecule has 0 fully saturated rings. The number of hydrogen-bond donors (Lipinski definition) is 1. The van der Waals surface area contributed by atoms with Gasteiger partial charge in [-0.2, -0.15) is 13.2 Å². The molecule has 1 aromatic carbocycles. The lowest BCUT2D eigenvalue weighted by Crippen LogP contribution is -2.09. The van der Waals surface area contributed by atoms with Crippen LogP contribution in [0, 0.1) is 0 Å². The SMILES string of the molecule is Nc1cc(COc2cccnc2)ccc1C(F)(F)F. The molecule has 19 heavy (non-hydrogen) atoms. The van der Waals surface area contributed by atoms with E-state index >= 15 is 0 Å². The number of hydrogen-bond acceptors (Lipinski definition) is 3. The number of nitrogen functional groups attached to an aromatic ring is 1. The number of nitrogens with zero attached hydrogens (tertiary/aromatic N) is 1. The highest BCUT2D eigenvalue weighted by Gasteiger charge is 2.32. The van der Waals surface area contributed by atoms with E-state index in [9.17, 15) is 13.2 Å². The minimum Gasteiger partial charge on any atom is -0.487 e. The Kier molecular flexibility index (Phi) is 3.59. The zero-order chi connectivity index (χ0) is 13.9. The van der Waals surface area contributed by atoms with Crippen LogP contribution < -0.4 is 10.5 Å². The Morgan fingerprint density at radius 2 is 2.00 bits per heavy atom. The van der Waals surface area contributed by atoms with Crippen molar-refractivity contribution in [3.63, 3.8) is 0 Å². The van der Waals surface area contributed by atoms with Gasteiger partial charge in [0.1, 0.15) is 12.4 Å². The van der Waals surface area contributed by atoms with Crippen molar-refractivity contribution < 1.29 is 17.9 Å². The maximum absolute atomic E-state index is 12.5. The topological polar surface area (TPSA) is 48.1 Å². The Labute approximate surface area is 107 Å². The monoisotopic (exact) mass is 268 g/mol. The number of nitrogens with two attached hydrogens (primary N) is 1. The largest absolute Gasteiger partial charge is 0.487 e. The van der Waals surface area contributed by atoms with Crippen LogP contribution in [0.3, 0.4) is 0 Å². The molecule has 0 amide bonds. The minimum atomic E-state index is -4.44. The van der Waals surface area contributed by atoms with Crippen LogP contribution in [0.4, 0.5) is 18.9 Å². The van der Waals surface area contributed by atoms with Gasteiger partial charge in [-0.3, -0.25) is 4.98 Å². The third-order valence-electron chi connectivity index (χ3n) is 2.46. The number of halogens is 3. The van der Waals surface area contributed by atoms with E-state index in [1.165, 1.54) is 18.3 Å². The molecule has 1 heterocycles. The first-order valence-electron chi connectivity index (χ1n) is 5.45. The number of aromatic nitrogens is 1. The summed E-state index contributed by atoms with van der Waals surface area (Å²) < 4.78 is 42.9. The molecule has 0 unspecified atom stereocenters. The van der Waals surface area contributed by atoms with Crippen molar-refractivity contribution in [3.8, 4) is 5.75 Å². The highest BCUT2D eigenvalue weighted by molar-refractivity contribution is 5.50. The summed E-state index contributed by atoms with van der Waals surface area (Å²) in [5.41, 5.74) is 4.81. The van der Waals surface area contributed by atoms with Gasteiger partial charge in [-0.25, -0.2) is 0 Å². The van der Waals surface area contributed by atoms with Gasteiger partial charge in [0.05, 0.1) is 11.8 Å². The lowest BCUT2D eigenvalue weighted by molar-refractivity contribution is -0.136. The van der Waals surface area contributed by atoms with Crippen LogP contribution in [0.5, 0.6) is 5.75 Å². The molecule has 0 saturated heterocycles. The third-order valence-corrected chi connectivity index (χ3v) is 2.46. The Morgan fingerprint density at radius 3 is 2.58 bits per heavy atom. The van der Waals surface area contributed by atoms with E-state index in [2.05, 4.69) is 4.98 Å². The first kappa shape index (κ1) is 13.2. The molecule has 3 nitrogen and oxygen atoms in total. The van der Waals surface area contributed by atoms with Crippen LogP contribution in [0.25, 0.3) is 0 Å². The summed E-state index contributed by atoms with van der Waals surface area (Å²) in [6, 6.07) is 6.98. The van der Waals surface area contributed by atoms with Crippen LogP contribution >= 0.6 is 0 Å². The first-order chi connectivity index (χ1) is 8.97. The van der Waals surface area contributed by atoms with Gasteiger partial charge in [-0.05, 0) is 29.8 Å². The van der Waals surface area contributed by atoms with E-state index in [-0.39, 0.29) is 12.3 Å². The normalized spacial score (nSPS) is 11.3. The molecule has 0 radical (unpaired) electrons. The molecular weight excluding hydrogens is 257 g/mol. The van der Waals surface area contributed by atoms with Crippen LogP contribution in [0.1, 0.15) is 11.1 Å². The Balaban J connectivity index is 2.09. The summed E-state index contributed by atoms with van der Waals surface area (Å²) in [6.45, 7) is 0.133. The Bertz CT molecular complexity index is 556. The standard InChI is InChI=1S/C13H11F3N2O/c14-13(15,16)11-4-3-9(6-12(11)17)8-19-10-2-1-5-18-7-10/h1-7H,8,17H2. The van der Waals surface area contributed by atoms with Crippen molar-refractivity contribution in [1.29, 1.82) is 0 Å². The van der Waals surface area contributed by atoms with Gasteiger partial charge in [-0.15, -0.1) is 0 Å². The fourth-order valence-corrected chi connectivity index (χ4v) is 1.56. The lowest BCUT2D eigenvalue weighted by Gasteiger charge is -2.11. The van der Waals surface area contributed by atoms with Gasteiger partial charge in [0, 0.05) is 11.9 Å². The van der Waals surface area contributed by atoms with Gasteiger partial charge in [0.2, 0.25) is 0 Å². The molecule has 0 aliphatic carbocycles. The maximum atomic E-state index is 12.5. The molecule has 0 aliphatic rings. The Morgan fingerprint density at radius 1 is 1.21 bits per heavy atom. The molecule has 0 spiro atoms. The smallest absolute Gasteiger partial charge is 0.418 e. The number of benzene rings is 1. The third kappa shape index (κ3) is 3.37. The van der Waals surface area contributed by atoms with Crippen molar-refractivity contribution >= 4 is 5.69 Å². The van der Waals surface area contributed by atoms with Gasteiger partial charge < -0.3 is 10.5 Å². The van der Waals surface area contributed by atoms with Gasteiger partial charge >= 0.3 is 6.18 Å². The predicted octanol–water partition coefficient (Wildman–Crippen LogP) is 3.26. The molecule has 0 bridgehead atoms. The maximum Gasteiger partial charge on any atom is 0.418 e. The number of pyridine rings is 1. The molecule has 0 saturated carbocycles. The summed E-state index contributed by atoms with van der Waals surface area (Å²) in [5.74, 6) is 0.543. The number of anilines is 1. The van der Waals surface area contributed by atoms with Crippen LogP contribution in [0.2, 0.25) is 0 Å². The van der Waals surface area contributed by atoms with Crippen molar-refractivity contribution in [2.45, 2.75) is 12.8 Å². The highest BCUT2D eigenvalue weighted by atomic mass is 19.4. The van der Waals surface area contributed by atoms with Crippen LogP contribution in [-0.4, -0.2) is 4.98 Å². The second-order valence-corrected chi connectivity index (χ2v) is 3.90. The van der Waals surface area contributed by atoms with Crippen LogP contribution in [0.15, 0.2) is 42.7 Å². The molecule has 6 heteroatoms. The number of ether oxygens (including phenoxy) is 1. The second-order valence-electron chi connectivity index (χ2n) is 3.90. The van der Waals surface area contributed by atoms with E-state index in [4.69, 9.17) is 10.5 Å². The molecule has 2 aromatic rings. The summed E-state index contributed by atoms with van der Waals surface area (Å²) in [7, 11) is 0. The van der Waals surface area contributed by atoms with E-state index in [0.29, 0.717) is 11.3 Å². The van der Waals surface area contributed by atoms with E-state index < -0.39 is 11.7 Å². The zero-order valence-electron chi connectivity index (χ0n) is 9.82. The van der Waals surface area contributed by atoms with Crippen molar-refractivity contribution in [3.05, 3.63) is 53.9 Å². The summed E-state index contributed by atoms with van der Waals surface area (Å²) >= 11 is 0. The molecule has 0 aliphatic heterocycles. The fraction of sp³-hybridized carbons (Fsp3) is 0.154. The number of alkyl halides is 3. The average molecular weight is 268 g/mol. The zero-order valence-corrected chi connectivity index (χ0v) is 9.82. The molecule has 100 valence electrons. The summed E-state index contributed by atoms with van der Waals surface area (Å²) in [5, 5.41) is 0. The molecular formula is C13H11F3N2O. The summed E-state index contributed by atoms with van der Waals surface area (Å²) in [4.78, 5) is 3.86. The van der Waals surface area contributed by atoms with Gasteiger partial charge in [0.25, 0.3) is 0 Å². The van der Waals surface area contributed by atoms with E-state index in [1.54, 1.807) is 18.3 Å². The van der Waals surface area contributed by atoms with Crippen molar-refractivity contribution in [2.75, 3.05) is 5.73 Å². The fourth-order valence-electron chi connectivity index (χ4n) is 1.56. The predicted molar refractivity (Wildman–Crippen MR) is 64.4 cm³/mol. The molecule has 2 N–H and O–H groups in total. The van der Waals surface area contributed by atoms with Crippen LogP contribution in [-0.2, 0) is 12.8 Å². The minimum absolute atomic E-state index is 0.133. The molecule has 2 rings (SSSR count). The Hall–Kier alpha value is -2.24. The average Bonchev–Trinajstić information content (AvgIpc) is 2.36. The molecule has 1 aromatic heterocycles. The first-order valence-corrected chi connectivity index (χ1v) is 5.45. The highest BCUT2D eigenvalue weighted by Crippen LogP contribution is 2.33. The summed E-state index contributed by atoms with van der Waals surface area (Å²) in [6.07, 6.45) is -1.32. The van der Waals surface area contributed by atoms with E-state index in [0.717, 1.165) is 6.07 Å². The quantitative estimate of drug-likeness (QED) is 0.869. The van der Waals surface area contributed by atoms with Gasteiger partial charge in [-0.1, -0.05) is 6.07 Å². The lowest BCUT2D eigenvalue weighted by atomic mass is 10.1. The second kappa shape index (κ2) is 5.17. The van der Waals surface area contributed by atoms with E-state index in [1.807, 2.05) is 0 Å². The molecule has 0 atom stereocenters. The van der Waals surface area contributed by atoms with Crippen molar-refractivity contribution in [1.82, 2.24) is 4.98 Å².